The lowest BCUT2D eigenvalue weighted by Crippen LogP contribution is -2.08. The molecule has 0 aliphatic rings. The first-order chi connectivity index (χ1) is 11.3. The number of halogens is 3. The van der Waals surface area contributed by atoms with E-state index in [0.29, 0.717) is 11.5 Å². The molecule has 24 heavy (non-hydrogen) atoms. The Morgan fingerprint density at radius 3 is 2.25 bits per heavy atom. The molecular weight excluding hydrogens is 315 g/mol. The van der Waals surface area contributed by atoms with E-state index in [4.69, 9.17) is 0 Å². The molecule has 0 saturated heterocycles. The molecule has 0 atom stereocenters. The number of rotatable bonds is 5. The van der Waals surface area contributed by atoms with Crippen LogP contribution in [0.25, 0.3) is 0 Å². The van der Waals surface area contributed by atoms with E-state index >= 15 is 0 Å². The number of para-hydroxylation sites is 1. The summed E-state index contributed by atoms with van der Waals surface area (Å²) in [5, 5.41) is 2.53. The van der Waals surface area contributed by atoms with E-state index in [9.17, 15) is 18.0 Å². The van der Waals surface area contributed by atoms with Gasteiger partial charge in [-0.2, -0.15) is 13.2 Å². The zero-order valence-corrected chi connectivity index (χ0v) is 13.4. The third-order valence-electron chi connectivity index (χ3n) is 3.57. The van der Waals surface area contributed by atoms with Crippen molar-refractivity contribution in [2.24, 2.45) is 0 Å². The molecule has 0 saturated carbocycles. The molecule has 0 aliphatic heterocycles. The van der Waals surface area contributed by atoms with Crippen LogP contribution in [0.1, 0.15) is 41.3 Å². The van der Waals surface area contributed by atoms with Gasteiger partial charge in [-0.15, -0.1) is 0 Å². The monoisotopic (exact) mass is 333 g/mol. The van der Waals surface area contributed by atoms with Gasteiger partial charge in [0.15, 0.2) is 5.78 Å². The first-order valence-corrected chi connectivity index (χ1v) is 7.52. The summed E-state index contributed by atoms with van der Waals surface area (Å²) in [5.41, 5.74) is 0.738. The quantitative estimate of drug-likeness (QED) is 0.567. The number of carbonyl (C=O) groups excluding carboxylic acids is 1. The number of allylic oxidation sites excluding steroid dienone is 1. The van der Waals surface area contributed by atoms with Gasteiger partial charge in [0.05, 0.1) is 11.3 Å². The standard InChI is InChI=1S/C19H18F3NO/c1-13(2)14-7-9-15(10-8-14)18(24)11-12-23-17-6-4-3-5-16(17)19(20,21)22/h3-13,23H,1-2H3/b12-11+. The van der Waals surface area contributed by atoms with Crippen LogP contribution in [0, 0.1) is 0 Å². The predicted octanol–water partition coefficient (Wildman–Crippen LogP) is 5.64. The number of ketones is 1. The first-order valence-electron chi connectivity index (χ1n) is 7.52. The predicted molar refractivity (Wildman–Crippen MR) is 89.1 cm³/mol. The van der Waals surface area contributed by atoms with E-state index in [0.717, 1.165) is 11.6 Å². The second kappa shape index (κ2) is 7.34. The molecule has 2 rings (SSSR count). The molecule has 0 spiro atoms. The molecule has 1 N–H and O–H groups in total. The summed E-state index contributed by atoms with van der Waals surface area (Å²) >= 11 is 0. The maximum Gasteiger partial charge on any atom is 0.418 e. The Kier molecular flexibility index (Phi) is 5.44. The van der Waals surface area contributed by atoms with E-state index in [2.05, 4.69) is 19.2 Å². The fourth-order valence-corrected chi connectivity index (χ4v) is 2.19. The van der Waals surface area contributed by atoms with Gasteiger partial charge in [-0.1, -0.05) is 50.2 Å². The average molecular weight is 333 g/mol. The number of benzene rings is 2. The Labute approximate surface area is 139 Å². The molecule has 0 amide bonds. The highest BCUT2D eigenvalue weighted by molar-refractivity contribution is 6.04. The molecule has 2 aromatic rings. The summed E-state index contributed by atoms with van der Waals surface area (Å²) in [7, 11) is 0. The van der Waals surface area contributed by atoms with Crippen LogP contribution in [0.3, 0.4) is 0 Å². The normalized spacial score (nSPS) is 11.9. The number of nitrogens with one attached hydrogen (secondary N) is 1. The second-order valence-electron chi connectivity index (χ2n) is 5.66. The van der Waals surface area contributed by atoms with E-state index in [-0.39, 0.29) is 11.5 Å². The molecule has 126 valence electrons. The van der Waals surface area contributed by atoms with Crippen molar-refractivity contribution in [1.29, 1.82) is 0 Å². The highest BCUT2D eigenvalue weighted by atomic mass is 19.4. The highest BCUT2D eigenvalue weighted by Gasteiger charge is 2.32. The van der Waals surface area contributed by atoms with Crippen LogP contribution in [-0.2, 0) is 6.18 Å². The first kappa shape index (κ1) is 17.8. The van der Waals surface area contributed by atoms with Gasteiger partial charge >= 0.3 is 6.18 Å². The lowest BCUT2D eigenvalue weighted by Gasteiger charge is -2.11. The molecule has 2 aromatic carbocycles. The Morgan fingerprint density at radius 2 is 1.67 bits per heavy atom. The Balaban J connectivity index is 2.08. The lowest BCUT2D eigenvalue weighted by molar-refractivity contribution is -0.136. The largest absolute Gasteiger partial charge is 0.418 e. The van der Waals surface area contributed by atoms with Crippen molar-refractivity contribution in [2.75, 3.05) is 5.32 Å². The fourth-order valence-electron chi connectivity index (χ4n) is 2.19. The molecule has 0 bridgehead atoms. The minimum absolute atomic E-state index is 0.0933. The van der Waals surface area contributed by atoms with Gasteiger partial charge in [0.25, 0.3) is 0 Å². The SMILES string of the molecule is CC(C)c1ccc(C(=O)/C=C/Nc2ccccc2C(F)(F)F)cc1. The van der Waals surface area contributed by atoms with Crippen LogP contribution < -0.4 is 5.32 Å². The number of carbonyl (C=O) groups is 1. The molecule has 0 fully saturated rings. The minimum atomic E-state index is -4.45. The van der Waals surface area contributed by atoms with Crippen molar-refractivity contribution in [1.82, 2.24) is 0 Å². The van der Waals surface area contributed by atoms with Gasteiger partial charge in [0.2, 0.25) is 0 Å². The van der Waals surface area contributed by atoms with Crippen molar-refractivity contribution < 1.29 is 18.0 Å². The summed E-state index contributed by atoms with van der Waals surface area (Å²) < 4.78 is 38.6. The van der Waals surface area contributed by atoms with E-state index in [1.807, 2.05) is 12.1 Å². The van der Waals surface area contributed by atoms with Crippen molar-refractivity contribution in [2.45, 2.75) is 25.9 Å². The number of alkyl halides is 3. The van der Waals surface area contributed by atoms with Crippen molar-refractivity contribution in [3.63, 3.8) is 0 Å². The Bertz CT molecular complexity index is 731. The van der Waals surface area contributed by atoms with Gasteiger partial charge in [0.1, 0.15) is 0 Å². The summed E-state index contributed by atoms with van der Waals surface area (Å²) in [6, 6.07) is 12.3. The molecule has 0 aromatic heterocycles. The van der Waals surface area contributed by atoms with E-state index in [1.54, 1.807) is 12.1 Å². The second-order valence-corrected chi connectivity index (χ2v) is 5.66. The average Bonchev–Trinajstić information content (AvgIpc) is 2.54. The highest BCUT2D eigenvalue weighted by Crippen LogP contribution is 2.34. The van der Waals surface area contributed by atoms with Crippen LogP contribution in [0.2, 0.25) is 0 Å². The number of anilines is 1. The van der Waals surface area contributed by atoms with Gasteiger partial charge in [-0.05, 0) is 23.6 Å². The topological polar surface area (TPSA) is 29.1 Å². The molecule has 0 aliphatic carbocycles. The van der Waals surface area contributed by atoms with Crippen molar-refractivity contribution >= 4 is 11.5 Å². The molecule has 2 nitrogen and oxygen atoms in total. The molecule has 0 radical (unpaired) electrons. The van der Waals surface area contributed by atoms with Crippen LogP contribution in [0.4, 0.5) is 18.9 Å². The summed E-state index contributed by atoms with van der Waals surface area (Å²) in [6.07, 6.45) is -2.01. The van der Waals surface area contributed by atoms with Crippen LogP contribution in [-0.4, -0.2) is 5.78 Å². The maximum absolute atomic E-state index is 12.9. The third-order valence-corrected chi connectivity index (χ3v) is 3.57. The Morgan fingerprint density at radius 1 is 1.04 bits per heavy atom. The fraction of sp³-hybridized carbons (Fsp3) is 0.211. The molecular formula is C19H18F3NO. The summed E-state index contributed by atoms with van der Waals surface area (Å²) in [5.74, 6) is 0.0903. The van der Waals surface area contributed by atoms with Crippen molar-refractivity contribution in [3.8, 4) is 0 Å². The van der Waals surface area contributed by atoms with Crippen LogP contribution in [0.15, 0.2) is 60.8 Å². The van der Waals surface area contributed by atoms with Gasteiger partial charge in [-0.25, -0.2) is 0 Å². The number of hydrogen-bond donors (Lipinski definition) is 1. The Hall–Kier alpha value is -2.56. The number of hydrogen-bond acceptors (Lipinski definition) is 2. The zero-order chi connectivity index (χ0) is 17.7. The van der Waals surface area contributed by atoms with Gasteiger partial charge < -0.3 is 5.32 Å². The lowest BCUT2D eigenvalue weighted by atomic mass is 10.0. The summed E-state index contributed by atoms with van der Waals surface area (Å²) in [4.78, 5) is 12.0. The minimum Gasteiger partial charge on any atom is -0.361 e. The molecule has 0 heterocycles. The molecule has 0 unspecified atom stereocenters. The third kappa shape index (κ3) is 4.47. The van der Waals surface area contributed by atoms with Crippen LogP contribution in [0.5, 0.6) is 0 Å². The smallest absolute Gasteiger partial charge is 0.361 e. The van der Waals surface area contributed by atoms with E-state index in [1.165, 1.54) is 30.5 Å². The van der Waals surface area contributed by atoms with Crippen molar-refractivity contribution in [3.05, 3.63) is 77.5 Å². The zero-order valence-electron chi connectivity index (χ0n) is 13.4. The van der Waals surface area contributed by atoms with Gasteiger partial charge in [0, 0.05) is 17.8 Å². The van der Waals surface area contributed by atoms with E-state index < -0.39 is 11.7 Å². The molecule has 5 heteroatoms. The van der Waals surface area contributed by atoms with Gasteiger partial charge in [-0.3, -0.25) is 4.79 Å². The van der Waals surface area contributed by atoms with Crippen LogP contribution >= 0.6 is 0 Å². The maximum atomic E-state index is 12.9. The summed E-state index contributed by atoms with van der Waals surface area (Å²) in [6.45, 7) is 4.11.